The molecule has 2 aromatic carbocycles. The molecule has 0 aliphatic carbocycles. The van der Waals surface area contributed by atoms with Crippen molar-refractivity contribution in [2.75, 3.05) is 35.6 Å². The number of benzene rings is 2. The number of hydrogen-bond acceptors (Lipinski definition) is 5. The van der Waals surface area contributed by atoms with Gasteiger partial charge in [0, 0.05) is 18.2 Å². The molecule has 172 valence electrons. The average molecular weight is 480 g/mol. The number of carbonyl (C=O) groups is 2. The van der Waals surface area contributed by atoms with Gasteiger partial charge >= 0.3 is 0 Å². The highest BCUT2D eigenvalue weighted by Gasteiger charge is 2.23. The van der Waals surface area contributed by atoms with Crippen LogP contribution in [0.1, 0.15) is 28.8 Å². The Balaban J connectivity index is 1.72. The Kier molecular flexibility index (Phi) is 7.76. The van der Waals surface area contributed by atoms with Crippen LogP contribution in [0.15, 0.2) is 42.5 Å². The minimum absolute atomic E-state index is 0.00893. The van der Waals surface area contributed by atoms with E-state index < -0.39 is 22.5 Å². The normalized spacial score (nSPS) is 15.9. The molecule has 0 spiro atoms. The largest absolute Gasteiger partial charge is 0.376 e. The first-order valence-corrected chi connectivity index (χ1v) is 12.4. The predicted molar refractivity (Wildman–Crippen MR) is 125 cm³/mol. The molecule has 10 heteroatoms. The minimum Gasteiger partial charge on any atom is -0.376 e. The zero-order valence-corrected chi connectivity index (χ0v) is 19.5. The van der Waals surface area contributed by atoms with Crippen LogP contribution < -0.4 is 14.9 Å². The maximum Gasteiger partial charge on any atom is 0.253 e. The van der Waals surface area contributed by atoms with Gasteiger partial charge in [0.15, 0.2) is 0 Å². The molecule has 0 saturated carbocycles. The van der Waals surface area contributed by atoms with Crippen molar-refractivity contribution >= 4 is 44.8 Å². The quantitative estimate of drug-likeness (QED) is 0.605. The lowest BCUT2D eigenvalue weighted by molar-refractivity contribution is -0.114. The SMILES string of the molecule is Cc1ccc(N(CC(=O)Nc2ccccc2C(=O)NC[C@H]2CCCO2)S(C)(=O)=O)cc1Cl. The molecule has 1 aliphatic heterocycles. The fraction of sp³-hybridized carbons (Fsp3) is 0.364. The molecule has 2 N–H and O–H groups in total. The molecule has 2 amide bonds. The summed E-state index contributed by atoms with van der Waals surface area (Å²) in [5.41, 5.74) is 1.64. The first kappa shape index (κ1) is 24.0. The van der Waals surface area contributed by atoms with Crippen molar-refractivity contribution in [3.8, 4) is 0 Å². The summed E-state index contributed by atoms with van der Waals surface area (Å²) in [6, 6.07) is 11.3. The summed E-state index contributed by atoms with van der Waals surface area (Å²) in [6.07, 6.45) is 2.87. The third kappa shape index (κ3) is 6.21. The van der Waals surface area contributed by atoms with Crippen molar-refractivity contribution < 1.29 is 22.7 Å². The second-order valence-corrected chi connectivity index (χ2v) is 9.96. The monoisotopic (exact) mass is 479 g/mol. The van der Waals surface area contributed by atoms with Crippen molar-refractivity contribution in [3.05, 3.63) is 58.6 Å². The Labute approximate surface area is 192 Å². The number of hydrogen-bond donors (Lipinski definition) is 2. The number of carbonyl (C=O) groups excluding carboxylic acids is 2. The standard InChI is InChI=1S/C22H26ClN3O5S/c1-15-9-10-16(12-19(15)23)26(32(2,29)30)14-21(27)25-20-8-4-3-7-18(20)22(28)24-13-17-6-5-11-31-17/h3-4,7-10,12,17H,5-6,11,13-14H2,1-2H3,(H,24,28)(H,25,27)/t17-/m1/s1. The van der Waals surface area contributed by atoms with Gasteiger partial charge in [-0.15, -0.1) is 0 Å². The second kappa shape index (κ2) is 10.3. The molecule has 3 rings (SSSR count). The molecule has 32 heavy (non-hydrogen) atoms. The number of nitrogens with one attached hydrogen (secondary N) is 2. The number of anilines is 2. The van der Waals surface area contributed by atoms with Crippen LogP contribution in [-0.2, 0) is 19.6 Å². The van der Waals surface area contributed by atoms with E-state index in [0.717, 1.165) is 29.0 Å². The van der Waals surface area contributed by atoms with Gasteiger partial charge < -0.3 is 15.4 Å². The zero-order valence-electron chi connectivity index (χ0n) is 17.9. The Bertz CT molecular complexity index is 1100. The summed E-state index contributed by atoms with van der Waals surface area (Å²) in [7, 11) is -3.76. The van der Waals surface area contributed by atoms with Crippen LogP contribution in [0.3, 0.4) is 0 Å². The third-order valence-electron chi connectivity index (χ3n) is 5.09. The van der Waals surface area contributed by atoms with Gasteiger partial charge in [-0.2, -0.15) is 0 Å². The first-order valence-electron chi connectivity index (χ1n) is 10.2. The van der Waals surface area contributed by atoms with Crippen LogP contribution in [0.25, 0.3) is 0 Å². The van der Waals surface area contributed by atoms with E-state index in [1.807, 2.05) is 0 Å². The zero-order chi connectivity index (χ0) is 23.3. The first-order chi connectivity index (χ1) is 15.1. The molecule has 2 aromatic rings. The molecular formula is C22H26ClN3O5S. The molecule has 1 heterocycles. The molecule has 0 radical (unpaired) electrons. The molecule has 0 unspecified atom stereocenters. The number of rotatable bonds is 8. The van der Waals surface area contributed by atoms with Crippen molar-refractivity contribution in [2.24, 2.45) is 0 Å². The summed E-state index contributed by atoms with van der Waals surface area (Å²) in [5, 5.41) is 5.86. The summed E-state index contributed by atoms with van der Waals surface area (Å²) in [4.78, 5) is 25.4. The minimum atomic E-state index is -3.76. The van der Waals surface area contributed by atoms with Crippen molar-refractivity contribution in [3.63, 3.8) is 0 Å². The van der Waals surface area contributed by atoms with Crippen LogP contribution in [0.2, 0.25) is 5.02 Å². The Morgan fingerprint density at radius 3 is 2.62 bits per heavy atom. The van der Waals surface area contributed by atoms with Gasteiger partial charge in [0.25, 0.3) is 5.91 Å². The van der Waals surface area contributed by atoms with Gasteiger partial charge in [-0.05, 0) is 49.6 Å². The molecule has 1 atom stereocenters. The van der Waals surface area contributed by atoms with Crippen molar-refractivity contribution in [1.82, 2.24) is 5.32 Å². The molecule has 0 bridgehead atoms. The van der Waals surface area contributed by atoms with E-state index in [-0.39, 0.29) is 28.9 Å². The van der Waals surface area contributed by atoms with Crippen LogP contribution in [-0.4, -0.2) is 52.3 Å². The van der Waals surface area contributed by atoms with Crippen molar-refractivity contribution in [1.29, 1.82) is 0 Å². The Hall–Kier alpha value is -2.62. The summed E-state index contributed by atoms with van der Waals surface area (Å²) in [5.74, 6) is -0.937. The van der Waals surface area contributed by atoms with Crippen LogP contribution >= 0.6 is 11.6 Å². The van der Waals surface area contributed by atoms with Crippen LogP contribution in [0.4, 0.5) is 11.4 Å². The molecular weight excluding hydrogens is 454 g/mol. The van der Waals surface area contributed by atoms with Crippen molar-refractivity contribution in [2.45, 2.75) is 25.9 Å². The number of ether oxygens (including phenoxy) is 1. The number of amides is 2. The van der Waals surface area contributed by atoms with E-state index in [9.17, 15) is 18.0 Å². The number of para-hydroxylation sites is 1. The average Bonchev–Trinajstić information content (AvgIpc) is 3.26. The molecule has 1 fully saturated rings. The summed E-state index contributed by atoms with van der Waals surface area (Å²) < 4.78 is 31.1. The lowest BCUT2D eigenvalue weighted by Gasteiger charge is -2.22. The third-order valence-corrected chi connectivity index (χ3v) is 6.64. The lowest BCUT2D eigenvalue weighted by Crippen LogP contribution is -2.38. The van der Waals surface area contributed by atoms with Gasteiger partial charge in [0.2, 0.25) is 15.9 Å². The van der Waals surface area contributed by atoms with E-state index in [0.29, 0.717) is 18.2 Å². The van der Waals surface area contributed by atoms with Gasteiger partial charge in [-0.1, -0.05) is 29.8 Å². The molecule has 1 aliphatic rings. The predicted octanol–water partition coefficient (Wildman–Crippen LogP) is 2.96. The van der Waals surface area contributed by atoms with E-state index in [1.54, 1.807) is 43.3 Å². The molecule has 0 aromatic heterocycles. The number of nitrogens with zero attached hydrogens (tertiary/aromatic N) is 1. The van der Waals surface area contributed by atoms with Gasteiger partial charge in [-0.3, -0.25) is 13.9 Å². The Morgan fingerprint density at radius 2 is 1.97 bits per heavy atom. The fourth-order valence-corrected chi connectivity index (χ4v) is 4.38. The highest BCUT2D eigenvalue weighted by molar-refractivity contribution is 7.92. The topological polar surface area (TPSA) is 105 Å². The van der Waals surface area contributed by atoms with Gasteiger partial charge in [0.05, 0.1) is 29.3 Å². The fourth-order valence-electron chi connectivity index (χ4n) is 3.35. The van der Waals surface area contributed by atoms with E-state index >= 15 is 0 Å². The number of sulfonamides is 1. The number of halogens is 1. The highest BCUT2D eigenvalue weighted by atomic mass is 35.5. The van der Waals surface area contributed by atoms with E-state index in [4.69, 9.17) is 16.3 Å². The highest BCUT2D eigenvalue weighted by Crippen LogP contribution is 2.25. The Morgan fingerprint density at radius 1 is 1.22 bits per heavy atom. The smallest absolute Gasteiger partial charge is 0.253 e. The van der Waals surface area contributed by atoms with Gasteiger partial charge in [0.1, 0.15) is 6.54 Å². The summed E-state index contributed by atoms with van der Waals surface area (Å²) in [6.45, 7) is 2.40. The maximum absolute atomic E-state index is 12.7. The molecule has 8 nitrogen and oxygen atoms in total. The van der Waals surface area contributed by atoms with Gasteiger partial charge in [-0.25, -0.2) is 8.42 Å². The van der Waals surface area contributed by atoms with E-state index in [1.165, 1.54) is 6.07 Å². The van der Waals surface area contributed by atoms with Crippen LogP contribution in [0.5, 0.6) is 0 Å². The van der Waals surface area contributed by atoms with Crippen LogP contribution in [0, 0.1) is 6.92 Å². The number of aryl methyl sites for hydroxylation is 1. The lowest BCUT2D eigenvalue weighted by atomic mass is 10.1. The molecule has 1 saturated heterocycles. The maximum atomic E-state index is 12.7. The second-order valence-electron chi connectivity index (χ2n) is 7.64. The van der Waals surface area contributed by atoms with E-state index in [2.05, 4.69) is 10.6 Å². The summed E-state index contributed by atoms with van der Waals surface area (Å²) >= 11 is 6.13.